The fourth-order valence-electron chi connectivity index (χ4n) is 4.13. The molecule has 0 spiro atoms. The van der Waals surface area contributed by atoms with Gasteiger partial charge in [0.05, 0.1) is 17.1 Å². The quantitative estimate of drug-likeness (QED) is 0.461. The van der Waals surface area contributed by atoms with Crippen molar-refractivity contribution in [2.24, 2.45) is 5.10 Å². The smallest absolute Gasteiger partial charge is 0.282 e. The zero-order valence-electron chi connectivity index (χ0n) is 18.9. The van der Waals surface area contributed by atoms with Gasteiger partial charge in [-0.2, -0.15) is 9.78 Å². The molecule has 6 heteroatoms. The molecule has 1 aliphatic heterocycles. The zero-order valence-corrected chi connectivity index (χ0v) is 20.5. The third-order valence-electron chi connectivity index (χ3n) is 6.04. The van der Waals surface area contributed by atoms with Gasteiger partial charge < -0.3 is 4.90 Å². The van der Waals surface area contributed by atoms with Crippen LogP contribution in [-0.2, 0) is 5.41 Å². The summed E-state index contributed by atoms with van der Waals surface area (Å²) >= 11 is 3.46. The van der Waals surface area contributed by atoms with Crippen LogP contribution in [0.2, 0.25) is 0 Å². The summed E-state index contributed by atoms with van der Waals surface area (Å²) in [6.45, 7) is 12.7. The first kappa shape index (κ1) is 21.8. The summed E-state index contributed by atoms with van der Waals surface area (Å²) < 4.78 is 2.31. The second-order valence-corrected chi connectivity index (χ2v) is 10.2. The van der Waals surface area contributed by atoms with Crippen molar-refractivity contribution in [1.29, 1.82) is 0 Å². The van der Waals surface area contributed by atoms with Gasteiger partial charge in [0.1, 0.15) is 5.82 Å². The Kier molecular flexibility index (Phi) is 5.77. The van der Waals surface area contributed by atoms with Crippen molar-refractivity contribution in [3.05, 3.63) is 67.7 Å². The van der Waals surface area contributed by atoms with E-state index in [2.05, 4.69) is 51.9 Å². The molecule has 0 bridgehead atoms. The van der Waals surface area contributed by atoms with Crippen LogP contribution in [0.5, 0.6) is 0 Å². The summed E-state index contributed by atoms with van der Waals surface area (Å²) in [4.78, 5) is 20.6. The number of halogens is 1. The Morgan fingerprint density at radius 2 is 1.77 bits per heavy atom. The standard InChI is InChI=1S/C25H29BrN4O/c1-16-17(2)22(29-12-6-7-13-29)11-8-18(16)15-27-30-23(31)20-14-19(26)9-10-21(20)28-24(30)25(3,4)5/h8-11,14-15H,6-7,12-13H2,1-5H3. The van der Waals surface area contributed by atoms with Crippen LogP contribution in [0.1, 0.15) is 56.1 Å². The van der Waals surface area contributed by atoms with Crippen LogP contribution in [0, 0.1) is 13.8 Å². The molecule has 1 fully saturated rings. The summed E-state index contributed by atoms with van der Waals surface area (Å²) in [7, 11) is 0. The average Bonchev–Trinajstić information content (AvgIpc) is 3.24. The van der Waals surface area contributed by atoms with E-state index in [0.29, 0.717) is 16.7 Å². The van der Waals surface area contributed by atoms with Crippen molar-refractivity contribution in [3.8, 4) is 0 Å². The van der Waals surface area contributed by atoms with Crippen LogP contribution in [-0.4, -0.2) is 29.0 Å². The van der Waals surface area contributed by atoms with Gasteiger partial charge in [0, 0.05) is 28.7 Å². The molecule has 1 aromatic heterocycles. The minimum absolute atomic E-state index is 0.157. The van der Waals surface area contributed by atoms with Crippen LogP contribution in [0.3, 0.4) is 0 Å². The van der Waals surface area contributed by atoms with Gasteiger partial charge in [0.15, 0.2) is 0 Å². The molecule has 162 valence electrons. The maximum absolute atomic E-state index is 13.3. The van der Waals surface area contributed by atoms with E-state index in [0.717, 1.165) is 23.1 Å². The number of nitrogens with zero attached hydrogens (tertiary/aromatic N) is 4. The number of fused-ring (bicyclic) bond motifs is 1. The Bertz CT molecular complexity index is 1230. The topological polar surface area (TPSA) is 50.5 Å². The SMILES string of the molecule is Cc1c(C=Nn2c(C(C)(C)C)nc3ccc(Br)cc3c2=O)ccc(N2CCCC2)c1C. The van der Waals surface area contributed by atoms with E-state index in [9.17, 15) is 4.79 Å². The first-order valence-electron chi connectivity index (χ1n) is 10.8. The molecule has 2 heterocycles. The molecule has 31 heavy (non-hydrogen) atoms. The molecular formula is C25H29BrN4O. The number of aromatic nitrogens is 2. The molecule has 0 N–H and O–H groups in total. The van der Waals surface area contributed by atoms with Crippen molar-refractivity contribution in [2.75, 3.05) is 18.0 Å². The van der Waals surface area contributed by atoms with Crippen molar-refractivity contribution < 1.29 is 0 Å². The maximum atomic E-state index is 13.3. The van der Waals surface area contributed by atoms with Crippen molar-refractivity contribution in [1.82, 2.24) is 9.66 Å². The molecule has 5 nitrogen and oxygen atoms in total. The van der Waals surface area contributed by atoms with Crippen LogP contribution >= 0.6 is 15.9 Å². The van der Waals surface area contributed by atoms with Gasteiger partial charge in [-0.05, 0) is 67.6 Å². The second-order valence-electron chi connectivity index (χ2n) is 9.33. The van der Waals surface area contributed by atoms with Gasteiger partial charge in [-0.25, -0.2) is 4.98 Å². The number of benzene rings is 2. The fraction of sp³-hybridized carbons (Fsp3) is 0.400. The third-order valence-corrected chi connectivity index (χ3v) is 6.53. The highest BCUT2D eigenvalue weighted by atomic mass is 79.9. The van der Waals surface area contributed by atoms with Crippen molar-refractivity contribution >= 4 is 38.7 Å². The summed E-state index contributed by atoms with van der Waals surface area (Å²) in [5.74, 6) is 0.645. The average molecular weight is 481 g/mol. The molecule has 4 rings (SSSR count). The lowest BCUT2D eigenvalue weighted by atomic mass is 9.95. The monoisotopic (exact) mass is 480 g/mol. The highest BCUT2D eigenvalue weighted by molar-refractivity contribution is 9.10. The fourth-order valence-corrected chi connectivity index (χ4v) is 4.49. The second kappa shape index (κ2) is 8.23. The van der Waals surface area contributed by atoms with Gasteiger partial charge in [0.2, 0.25) is 0 Å². The zero-order chi connectivity index (χ0) is 22.3. The largest absolute Gasteiger partial charge is 0.371 e. The molecule has 2 aromatic carbocycles. The maximum Gasteiger partial charge on any atom is 0.282 e. The molecule has 0 saturated carbocycles. The molecule has 1 aliphatic rings. The summed E-state index contributed by atoms with van der Waals surface area (Å²) in [5.41, 5.74) is 4.98. The highest BCUT2D eigenvalue weighted by Crippen LogP contribution is 2.28. The molecule has 0 atom stereocenters. The van der Waals surface area contributed by atoms with Gasteiger partial charge in [-0.15, -0.1) is 0 Å². The molecule has 1 saturated heterocycles. The summed E-state index contributed by atoms with van der Waals surface area (Å²) in [5, 5.41) is 5.19. The van der Waals surface area contributed by atoms with E-state index in [4.69, 9.17) is 4.98 Å². The van der Waals surface area contributed by atoms with Crippen LogP contribution in [0.4, 0.5) is 5.69 Å². The molecule has 0 aliphatic carbocycles. The number of rotatable bonds is 3. The van der Waals surface area contributed by atoms with E-state index < -0.39 is 0 Å². The molecule has 3 aromatic rings. The van der Waals surface area contributed by atoms with E-state index in [-0.39, 0.29) is 11.0 Å². The van der Waals surface area contributed by atoms with Gasteiger partial charge >= 0.3 is 0 Å². The first-order valence-corrected chi connectivity index (χ1v) is 11.6. The van der Waals surface area contributed by atoms with E-state index >= 15 is 0 Å². The lowest BCUT2D eigenvalue weighted by Gasteiger charge is -2.22. The summed E-state index contributed by atoms with van der Waals surface area (Å²) in [6, 6.07) is 9.87. The Balaban J connectivity index is 1.82. The van der Waals surface area contributed by atoms with Gasteiger partial charge in [-0.1, -0.05) is 42.8 Å². The van der Waals surface area contributed by atoms with Crippen LogP contribution < -0.4 is 10.5 Å². The Morgan fingerprint density at radius 3 is 2.45 bits per heavy atom. The third kappa shape index (κ3) is 4.18. The van der Waals surface area contributed by atoms with Crippen molar-refractivity contribution in [3.63, 3.8) is 0 Å². The van der Waals surface area contributed by atoms with Crippen LogP contribution in [0.15, 0.2) is 44.7 Å². The highest BCUT2D eigenvalue weighted by Gasteiger charge is 2.23. The van der Waals surface area contributed by atoms with E-state index in [1.807, 2.05) is 39.0 Å². The normalized spacial score (nSPS) is 14.8. The molecule has 0 unspecified atom stereocenters. The minimum Gasteiger partial charge on any atom is -0.371 e. The lowest BCUT2D eigenvalue weighted by Crippen LogP contribution is -2.29. The van der Waals surface area contributed by atoms with Crippen molar-refractivity contribution in [2.45, 2.75) is 52.9 Å². The van der Waals surface area contributed by atoms with Gasteiger partial charge in [0.25, 0.3) is 5.56 Å². The molecule has 0 amide bonds. The number of hydrogen-bond donors (Lipinski definition) is 0. The minimum atomic E-state index is -0.331. The van der Waals surface area contributed by atoms with Gasteiger partial charge in [-0.3, -0.25) is 4.79 Å². The van der Waals surface area contributed by atoms with E-state index in [1.165, 1.54) is 34.3 Å². The number of hydrogen-bond acceptors (Lipinski definition) is 4. The Hall–Kier alpha value is -2.47. The first-order chi connectivity index (χ1) is 14.7. The predicted octanol–water partition coefficient (Wildman–Crippen LogP) is 5.56. The molecule has 0 radical (unpaired) electrons. The van der Waals surface area contributed by atoms with Crippen LogP contribution in [0.25, 0.3) is 10.9 Å². The van der Waals surface area contributed by atoms with E-state index in [1.54, 1.807) is 6.21 Å². The Morgan fingerprint density at radius 1 is 1.06 bits per heavy atom. The number of anilines is 1. The Labute approximate surface area is 191 Å². The predicted molar refractivity (Wildman–Crippen MR) is 133 cm³/mol. The lowest BCUT2D eigenvalue weighted by molar-refractivity contribution is 0.506. The summed E-state index contributed by atoms with van der Waals surface area (Å²) in [6.07, 6.45) is 4.30. The molecular weight excluding hydrogens is 452 g/mol.